The number of carbonyl (C=O) groups is 2. The zero-order valence-electron chi connectivity index (χ0n) is 42.1. The summed E-state index contributed by atoms with van der Waals surface area (Å²) < 4.78 is 62.4. The summed E-state index contributed by atoms with van der Waals surface area (Å²) in [6, 6.07) is 18.0. The smallest absolute Gasteiger partial charge is 0.338 e. The number of carbonyl (C=O) groups excluding carboxylic acids is 2. The monoisotopic (exact) mass is 977 g/mol. The molecule has 21 atom stereocenters. The van der Waals surface area contributed by atoms with E-state index in [9.17, 15) is 24.9 Å². The minimum Gasteiger partial charge on any atom is -0.459 e. The van der Waals surface area contributed by atoms with Gasteiger partial charge in [-0.3, -0.25) is 0 Å². The molecule has 3 aliphatic heterocycles. The molecule has 2 unspecified atom stereocenters. The lowest BCUT2D eigenvalue weighted by Crippen LogP contribution is -2.67. The highest BCUT2D eigenvalue weighted by atomic mass is 16.7. The molecule has 7 aliphatic rings. The predicted octanol–water partition coefficient (Wildman–Crippen LogP) is 7.07. The largest absolute Gasteiger partial charge is 0.459 e. The van der Waals surface area contributed by atoms with Gasteiger partial charge in [0.05, 0.1) is 59.5 Å². The molecule has 3 heterocycles. The highest BCUT2D eigenvalue weighted by molar-refractivity contribution is 5.90. The van der Waals surface area contributed by atoms with Gasteiger partial charge >= 0.3 is 11.9 Å². The predicted molar refractivity (Wildman–Crippen MR) is 254 cm³/mol. The van der Waals surface area contributed by atoms with Crippen LogP contribution in [0.25, 0.3) is 0 Å². The molecule has 0 bridgehead atoms. The van der Waals surface area contributed by atoms with Crippen molar-refractivity contribution in [3.05, 3.63) is 83.4 Å². The number of ether oxygens (including phenoxy) is 10. The Kier molecular flexibility index (Phi) is 15.4. The normalized spacial score (nSPS) is 44.2. The van der Waals surface area contributed by atoms with Gasteiger partial charge in [0.25, 0.3) is 0 Å². The first-order valence-electron chi connectivity index (χ1n) is 25.8. The van der Waals surface area contributed by atoms with Gasteiger partial charge in [-0.05, 0) is 114 Å². The Bertz CT molecular complexity index is 2130. The van der Waals surface area contributed by atoms with Crippen molar-refractivity contribution in [1.29, 1.82) is 0 Å². The maximum Gasteiger partial charge on any atom is 0.338 e. The van der Waals surface area contributed by atoms with Crippen LogP contribution in [0, 0.1) is 28.6 Å². The Labute approximate surface area is 412 Å². The second-order valence-corrected chi connectivity index (χ2v) is 21.7. The lowest BCUT2D eigenvalue weighted by molar-refractivity contribution is -0.337. The Morgan fingerprint density at radius 1 is 0.700 bits per heavy atom. The Balaban J connectivity index is 0.849. The van der Waals surface area contributed by atoms with Crippen molar-refractivity contribution in [2.24, 2.45) is 28.6 Å². The van der Waals surface area contributed by atoms with Gasteiger partial charge in [0.15, 0.2) is 18.9 Å². The summed E-state index contributed by atoms with van der Waals surface area (Å²) in [6.45, 7) is 11.8. The van der Waals surface area contributed by atoms with E-state index in [0.717, 1.165) is 12.8 Å². The number of allylic oxidation sites excluding steroid dienone is 1. The maximum atomic E-state index is 14.0. The zero-order chi connectivity index (χ0) is 49.7. The van der Waals surface area contributed by atoms with E-state index in [1.54, 1.807) is 45.4 Å². The van der Waals surface area contributed by atoms with Crippen molar-refractivity contribution in [2.45, 2.75) is 203 Å². The fraction of sp³-hybridized carbons (Fsp3) is 0.709. The van der Waals surface area contributed by atoms with Gasteiger partial charge < -0.3 is 62.7 Å². The molecule has 0 spiro atoms. The number of methoxy groups -OCH3 is 2. The standard InChI is InChI=1S/C55H76O15/c1-30(66-51(58)34-15-11-9-12-16-34)38-22-24-55(60)39-20-19-36-25-37(21-23-53(36,5)40(39)26-44(54(38,55)6)68-52(59)35-17-13-10-14-18-35)67-46-29-43(62-8)50(33(4)65-46)70-45-27-41(56)49(32(3)64-45)69-47-28-42(61-7)48(57)31(2)63-47/h9-19,30-33,37-50,56-57,60H,20-29H2,1-8H3/t30-,31-,32-,33-,37+,38-,39?,40?,41-,42+,43+,44-,45+,46+,47+,48-,49-,50-,53+,54+,55+/m1/s1. The third-order valence-corrected chi connectivity index (χ3v) is 18.0. The third kappa shape index (κ3) is 9.67. The van der Waals surface area contributed by atoms with Crippen LogP contribution in [-0.4, -0.2) is 139 Å². The van der Waals surface area contributed by atoms with Gasteiger partial charge in [0.1, 0.15) is 30.5 Å². The summed E-state index contributed by atoms with van der Waals surface area (Å²) in [6.07, 6.45) is -0.395. The molecule has 2 aromatic rings. The number of hydrogen-bond donors (Lipinski definition) is 3. The summed E-state index contributed by atoms with van der Waals surface area (Å²) in [4.78, 5) is 27.4. The van der Waals surface area contributed by atoms with E-state index >= 15 is 0 Å². The number of hydrogen-bond acceptors (Lipinski definition) is 15. The molecule has 15 nitrogen and oxygen atoms in total. The fourth-order valence-electron chi connectivity index (χ4n) is 14.0. The van der Waals surface area contributed by atoms with Crippen molar-refractivity contribution in [2.75, 3.05) is 14.2 Å². The van der Waals surface area contributed by atoms with E-state index in [2.05, 4.69) is 19.9 Å². The van der Waals surface area contributed by atoms with Crippen LogP contribution in [-0.2, 0) is 47.4 Å². The molecule has 4 aliphatic carbocycles. The first-order valence-corrected chi connectivity index (χ1v) is 25.8. The van der Waals surface area contributed by atoms with Crippen molar-refractivity contribution in [1.82, 2.24) is 0 Å². The van der Waals surface area contributed by atoms with Gasteiger partial charge in [-0.1, -0.05) is 61.9 Å². The molecule has 386 valence electrons. The number of aliphatic hydroxyl groups is 3. The van der Waals surface area contributed by atoms with Gasteiger partial charge in [-0.15, -0.1) is 0 Å². The molecule has 6 fully saturated rings. The number of aliphatic hydroxyl groups excluding tert-OH is 2. The molecule has 2 aromatic carbocycles. The molecule has 15 heteroatoms. The molecule has 3 saturated carbocycles. The molecule has 0 aromatic heterocycles. The summed E-state index contributed by atoms with van der Waals surface area (Å²) in [5.74, 6) is -1.17. The second kappa shape index (κ2) is 20.9. The first-order chi connectivity index (χ1) is 33.5. The van der Waals surface area contributed by atoms with Crippen LogP contribution >= 0.6 is 0 Å². The van der Waals surface area contributed by atoms with E-state index in [1.165, 1.54) is 5.57 Å². The molecule has 0 amide bonds. The number of fused-ring (bicyclic) bond motifs is 5. The SMILES string of the molecule is CO[C@H]1C[C@H](O[C@H]2[C@H](O)C[C@H](O[C@H]3[C@@H](OC)C[C@H](O[C@H]4CC[C@@]5(C)C(=CCC6C5C[C@@H](OC(=O)c5ccccc5)[C@]5(C)[C@@H]([C@@H](C)OC(=O)c7ccccc7)CC[C@]65O)C4)O[C@@H]3C)O[C@@H]2C)O[C@H](C)[C@H]1O. The van der Waals surface area contributed by atoms with Crippen molar-refractivity contribution in [3.63, 3.8) is 0 Å². The van der Waals surface area contributed by atoms with Crippen molar-refractivity contribution >= 4 is 11.9 Å². The van der Waals surface area contributed by atoms with E-state index < -0.39 is 103 Å². The van der Waals surface area contributed by atoms with Crippen LogP contribution in [0.3, 0.4) is 0 Å². The summed E-state index contributed by atoms with van der Waals surface area (Å²) in [5.41, 5.74) is -0.149. The third-order valence-electron chi connectivity index (χ3n) is 18.0. The summed E-state index contributed by atoms with van der Waals surface area (Å²) in [5, 5.41) is 35.0. The Morgan fingerprint density at radius 3 is 1.94 bits per heavy atom. The zero-order valence-corrected chi connectivity index (χ0v) is 42.1. The number of benzene rings is 2. The Hall–Kier alpha value is -3.32. The molecule has 9 rings (SSSR count). The second-order valence-electron chi connectivity index (χ2n) is 21.7. The van der Waals surface area contributed by atoms with Crippen LogP contribution in [0.2, 0.25) is 0 Å². The minimum atomic E-state index is -1.19. The summed E-state index contributed by atoms with van der Waals surface area (Å²) in [7, 11) is 3.20. The number of esters is 2. The maximum absolute atomic E-state index is 14.0. The van der Waals surface area contributed by atoms with E-state index in [4.69, 9.17) is 47.4 Å². The van der Waals surface area contributed by atoms with Crippen molar-refractivity contribution < 1.29 is 72.3 Å². The Morgan fingerprint density at radius 2 is 1.29 bits per heavy atom. The highest BCUT2D eigenvalue weighted by Crippen LogP contribution is 2.69. The van der Waals surface area contributed by atoms with Crippen LogP contribution in [0.1, 0.15) is 126 Å². The van der Waals surface area contributed by atoms with Crippen LogP contribution < -0.4 is 0 Å². The quantitative estimate of drug-likeness (QED) is 0.137. The fourth-order valence-corrected chi connectivity index (χ4v) is 14.0. The molecular weight excluding hydrogens is 901 g/mol. The van der Waals surface area contributed by atoms with Crippen molar-refractivity contribution in [3.8, 4) is 0 Å². The van der Waals surface area contributed by atoms with Gasteiger partial charge in [-0.25, -0.2) is 9.59 Å². The minimum absolute atomic E-state index is 0.0224. The average molecular weight is 977 g/mol. The van der Waals surface area contributed by atoms with Crippen LogP contribution in [0.4, 0.5) is 0 Å². The van der Waals surface area contributed by atoms with Crippen LogP contribution in [0.15, 0.2) is 72.3 Å². The first kappa shape index (κ1) is 51.6. The molecule has 0 radical (unpaired) electrons. The highest BCUT2D eigenvalue weighted by Gasteiger charge is 2.72. The lowest BCUT2D eigenvalue weighted by Gasteiger charge is -2.63. The topological polar surface area (TPSA) is 187 Å². The van der Waals surface area contributed by atoms with Gasteiger partial charge in [0, 0.05) is 44.8 Å². The molecule has 3 N–H and O–H groups in total. The van der Waals surface area contributed by atoms with E-state index in [-0.39, 0.29) is 41.8 Å². The van der Waals surface area contributed by atoms with Gasteiger partial charge in [-0.2, -0.15) is 0 Å². The number of rotatable bonds is 13. The summed E-state index contributed by atoms with van der Waals surface area (Å²) >= 11 is 0. The molecule has 70 heavy (non-hydrogen) atoms. The van der Waals surface area contributed by atoms with Crippen LogP contribution in [0.5, 0.6) is 0 Å². The molecule has 3 saturated heterocycles. The lowest BCUT2D eigenvalue weighted by atomic mass is 9.44. The van der Waals surface area contributed by atoms with E-state index in [0.29, 0.717) is 56.1 Å². The average Bonchev–Trinajstić information content (AvgIpc) is 3.64. The molecular formula is C55H76O15. The van der Waals surface area contributed by atoms with Gasteiger partial charge in [0.2, 0.25) is 0 Å². The van der Waals surface area contributed by atoms with E-state index in [1.807, 2.05) is 57.2 Å².